The summed E-state index contributed by atoms with van der Waals surface area (Å²) in [7, 11) is 0.389. The van der Waals surface area contributed by atoms with E-state index in [4.69, 9.17) is 16.3 Å². The molecule has 1 aromatic carbocycles. The monoisotopic (exact) mass is 438 g/mol. The Morgan fingerprint density at radius 1 is 1.31 bits per heavy atom. The van der Waals surface area contributed by atoms with Crippen molar-refractivity contribution in [3.05, 3.63) is 63.7 Å². The van der Waals surface area contributed by atoms with Crippen LogP contribution in [-0.2, 0) is 4.74 Å². The molecule has 0 radical (unpaired) electrons. The van der Waals surface area contributed by atoms with Gasteiger partial charge in [0.15, 0.2) is 5.78 Å². The number of carbonyl (C=O) groups is 2. The Kier molecular flexibility index (Phi) is 7.73. The number of pyridine rings is 1. The zero-order valence-corrected chi connectivity index (χ0v) is 18.9. The number of hydrogen-bond acceptors (Lipinski definition) is 4. The molecule has 0 spiro atoms. The van der Waals surface area contributed by atoms with Gasteiger partial charge in [0.2, 0.25) is 0 Å². The van der Waals surface area contributed by atoms with E-state index in [0.717, 1.165) is 5.69 Å². The number of ether oxygens (including phenoxy) is 1. The van der Waals surface area contributed by atoms with Gasteiger partial charge in [-0.1, -0.05) is 33.2 Å². The van der Waals surface area contributed by atoms with Gasteiger partial charge < -0.3 is 10.1 Å². The van der Waals surface area contributed by atoms with Crippen molar-refractivity contribution in [1.29, 1.82) is 0 Å². The third-order valence-corrected chi connectivity index (χ3v) is 6.17. The van der Waals surface area contributed by atoms with Crippen molar-refractivity contribution in [1.82, 2.24) is 10.3 Å². The third-order valence-electron chi connectivity index (χ3n) is 4.55. The predicted molar refractivity (Wildman–Crippen MR) is 115 cm³/mol. The van der Waals surface area contributed by atoms with Gasteiger partial charge in [0.05, 0.1) is 16.6 Å². The maximum Gasteiger partial charge on any atom is 0.408 e. The number of nitrogens with one attached hydrogen (secondary N) is 1. The van der Waals surface area contributed by atoms with Crippen molar-refractivity contribution in [2.45, 2.75) is 45.5 Å². The number of benzene rings is 1. The van der Waals surface area contributed by atoms with Crippen molar-refractivity contribution >= 4 is 32.1 Å². The van der Waals surface area contributed by atoms with E-state index in [1.54, 1.807) is 39.8 Å². The van der Waals surface area contributed by atoms with Crippen LogP contribution >= 0.6 is 20.2 Å². The first kappa shape index (κ1) is 23.2. The van der Waals surface area contributed by atoms with E-state index < -0.39 is 29.1 Å². The van der Waals surface area contributed by atoms with Crippen LogP contribution in [-0.4, -0.2) is 28.9 Å². The highest BCUT2D eigenvalue weighted by atomic mass is 35.5. The number of ketones is 1. The van der Waals surface area contributed by atoms with Gasteiger partial charge in [-0.15, -0.1) is 0 Å². The third kappa shape index (κ3) is 5.74. The quantitative estimate of drug-likeness (QED) is 0.449. The van der Waals surface area contributed by atoms with Crippen molar-refractivity contribution < 1.29 is 18.7 Å². The molecule has 8 heteroatoms. The number of nitrogens with zero attached hydrogens (tertiary/aromatic N) is 1. The molecule has 0 aliphatic carbocycles. The minimum Gasteiger partial charge on any atom is -0.439 e. The first-order valence-electron chi connectivity index (χ1n) is 9.23. The molecular weight excluding hydrogens is 414 g/mol. The summed E-state index contributed by atoms with van der Waals surface area (Å²) in [6.07, 6.45) is 1.16. The number of rotatable bonds is 7. The number of aryl methyl sites for hydroxylation is 1. The number of amides is 1. The van der Waals surface area contributed by atoms with Crippen LogP contribution in [0.5, 0.6) is 0 Å². The molecule has 0 aliphatic rings. The number of halogens is 2. The predicted octanol–water partition coefficient (Wildman–Crippen LogP) is 5.64. The summed E-state index contributed by atoms with van der Waals surface area (Å²) in [5.41, 5.74) is 0.915. The van der Waals surface area contributed by atoms with E-state index in [-0.39, 0.29) is 21.7 Å². The van der Waals surface area contributed by atoms with Crippen LogP contribution in [0.15, 0.2) is 30.5 Å². The Hall–Kier alpha value is -2.04. The van der Waals surface area contributed by atoms with Gasteiger partial charge in [-0.3, -0.25) is 9.78 Å². The Morgan fingerprint density at radius 3 is 2.55 bits per heavy atom. The molecule has 0 saturated heterocycles. The second kappa shape index (κ2) is 9.64. The van der Waals surface area contributed by atoms with Gasteiger partial charge in [0.1, 0.15) is 11.2 Å². The number of carbonyl (C=O) groups excluding carboxylic acids is 2. The van der Waals surface area contributed by atoms with Crippen molar-refractivity contribution in [2.24, 2.45) is 0 Å². The minimum atomic E-state index is -0.758. The fraction of sp³-hybridized carbons (Fsp3) is 0.381. The SMILES string of the molecule is CCC(NC(=O)OC(C)(C)PC)c1ccc(Cl)c(C(=O)c2ccc(C)nc2)c1F. The topological polar surface area (TPSA) is 68.3 Å². The van der Waals surface area contributed by atoms with E-state index in [1.807, 2.05) is 6.66 Å². The first-order valence-corrected chi connectivity index (χ1v) is 11.1. The molecule has 156 valence electrons. The Balaban J connectivity index is 2.36. The molecule has 5 nitrogen and oxygen atoms in total. The molecule has 0 fully saturated rings. The van der Waals surface area contributed by atoms with E-state index in [1.165, 1.54) is 18.3 Å². The summed E-state index contributed by atoms with van der Waals surface area (Å²) < 4.78 is 20.7. The smallest absolute Gasteiger partial charge is 0.408 e. The van der Waals surface area contributed by atoms with Crippen LogP contribution in [0.1, 0.15) is 60.4 Å². The van der Waals surface area contributed by atoms with Gasteiger partial charge in [-0.25, -0.2) is 9.18 Å². The maximum atomic E-state index is 15.3. The van der Waals surface area contributed by atoms with Gasteiger partial charge >= 0.3 is 6.09 Å². The highest BCUT2D eigenvalue weighted by Gasteiger charge is 2.27. The number of aromatic nitrogens is 1. The van der Waals surface area contributed by atoms with E-state index in [2.05, 4.69) is 10.3 Å². The lowest BCUT2D eigenvalue weighted by molar-refractivity contribution is 0.0923. The molecular formula is C21H25ClFN2O3P. The van der Waals surface area contributed by atoms with E-state index >= 15 is 4.39 Å². The molecule has 1 aromatic heterocycles. The van der Waals surface area contributed by atoms with E-state index in [0.29, 0.717) is 15.0 Å². The van der Waals surface area contributed by atoms with Gasteiger partial charge in [0, 0.05) is 23.0 Å². The molecule has 1 N–H and O–H groups in total. The standard InChI is InChI=1S/C21H25ClFN2O3P/c1-6-16(25-20(27)28-21(3,4)29-5)14-9-10-15(22)17(18(14)23)19(26)13-8-7-12(2)24-11-13/h7-11,16,29H,6H2,1-5H3,(H,25,27). The average molecular weight is 439 g/mol. The summed E-state index contributed by atoms with van der Waals surface area (Å²) >= 11 is 6.14. The lowest BCUT2D eigenvalue weighted by Gasteiger charge is -2.26. The van der Waals surface area contributed by atoms with Crippen molar-refractivity contribution in [3.63, 3.8) is 0 Å². The molecule has 2 atom stereocenters. The van der Waals surface area contributed by atoms with Gasteiger partial charge in [-0.2, -0.15) is 0 Å². The second-order valence-electron chi connectivity index (χ2n) is 7.10. The molecule has 2 rings (SSSR count). The highest BCUT2D eigenvalue weighted by molar-refractivity contribution is 7.38. The Bertz CT molecular complexity index is 904. The summed E-state index contributed by atoms with van der Waals surface area (Å²) in [4.78, 5) is 29.2. The highest BCUT2D eigenvalue weighted by Crippen LogP contribution is 2.31. The lowest BCUT2D eigenvalue weighted by atomic mass is 9.96. The summed E-state index contributed by atoms with van der Waals surface area (Å²) in [5.74, 6) is -1.32. The first-order chi connectivity index (χ1) is 13.6. The fourth-order valence-electron chi connectivity index (χ4n) is 2.65. The molecule has 1 amide bonds. The Labute approximate surface area is 177 Å². The van der Waals surface area contributed by atoms with Crippen molar-refractivity contribution in [2.75, 3.05) is 6.66 Å². The second-order valence-corrected chi connectivity index (χ2v) is 9.21. The summed E-state index contributed by atoms with van der Waals surface area (Å²) in [6, 6.07) is 5.52. The van der Waals surface area contributed by atoms with Crippen LogP contribution in [0.3, 0.4) is 0 Å². The average Bonchev–Trinajstić information content (AvgIpc) is 2.66. The summed E-state index contributed by atoms with van der Waals surface area (Å²) in [6.45, 7) is 9.14. The van der Waals surface area contributed by atoms with Gasteiger partial charge in [0.25, 0.3) is 0 Å². The molecule has 2 aromatic rings. The van der Waals surface area contributed by atoms with Crippen molar-refractivity contribution in [3.8, 4) is 0 Å². The molecule has 0 saturated carbocycles. The van der Waals surface area contributed by atoms with Crippen LogP contribution in [0.4, 0.5) is 9.18 Å². The van der Waals surface area contributed by atoms with Crippen LogP contribution in [0.2, 0.25) is 5.02 Å². The molecule has 29 heavy (non-hydrogen) atoms. The molecule has 2 unspecified atom stereocenters. The van der Waals surface area contributed by atoms with E-state index in [9.17, 15) is 9.59 Å². The van der Waals surface area contributed by atoms with Crippen LogP contribution in [0.25, 0.3) is 0 Å². The van der Waals surface area contributed by atoms with Gasteiger partial charge in [-0.05, 0) is 52.1 Å². The molecule has 0 bridgehead atoms. The Morgan fingerprint density at radius 2 is 2.00 bits per heavy atom. The van der Waals surface area contributed by atoms with Crippen LogP contribution < -0.4 is 5.32 Å². The number of alkyl carbamates (subject to hydrolysis) is 1. The molecule has 1 heterocycles. The van der Waals surface area contributed by atoms with Crippen LogP contribution in [0, 0.1) is 12.7 Å². The largest absolute Gasteiger partial charge is 0.439 e. The normalized spacial score (nSPS) is 12.8. The zero-order valence-electron chi connectivity index (χ0n) is 17.1. The fourth-order valence-corrected chi connectivity index (χ4v) is 3.07. The lowest BCUT2D eigenvalue weighted by Crippen LogP contribution is -2.34. The number of hydrogen-bond donors (Lipinski definition) is 1. The zero-order chi connectivity index (χ0) is 21.8. The maximum absolute atomic E-state index is 15.3. The minimum absolute atomic E-state index is 0.00238. The molecule has 0 aliphatic heterocycles. The summed E-state index contributed by atoms with van der Waals surface area (Å²) in [5, 5.41) is 2.08.